The lowest BCUT2D eigenvalue weighted by molar-refractivity contribution is -0.155. The van der Waals surface area contributed by atoms with Crippen molar-refractivity contribution in [3.8, 4) is 0 Å². The van der Waals surface area contributed by atoms with Gasteiger partial charge in [-0.15, -0.1) is 0 Å². The van der Waals surface area contributed by atoms with Crippen molar-refractivity contribution in [2.24, 2.45) is 5.73 Å². The molecule has 7 heteroatoms. The van der Waals surface area contributed by atoms with Crippen molar-refractivity contribution in [3.63, 3.8) is 0 Å². The first-order chi connectivity index (χ1) is 17.1. The normalized spacial score (nSPS) is 12.5. The summed E-state index contributed by atoms with van der Waals surface area (Å²) in [6, 6.07) is 25.4. The Morgan fingerprint density at radius 3 is 1.92 bits per heavy atom. The third-order valence-corrected chi connectivity index (χ3v) is 5.86. The Bertz CT molecular complexity index is 1110. The fraction of sp³-hybridized carbons (Fsp3) is 0.310. The Hall–Kier alpha value is -3.35. The minimum Gasteiger partial charge on any atom is -0.444 e. The largest absolute Gasteiger partial charge is 0.444 e. The van der Waals surface area contributed by atoms with Gasteiger partial charge in [-0.3, -0.25) is 4.79 Å². The van der Waals surface area contributed by atoms with Crippen molar-refractivity contribution < 1.29 is 19.1 Å². The second kappa shape index (κ2) is 12.1. The Morgan fingerprint density at radius 1 is 0.861 bits per heavy atom. The van der Waals surface area contributed by atoms with Gasteiger partial charge in [-0.1, -0.05) is 90.5 Å². The highest BCUT2D eigenvalue weighted by Crippen LogP contribution is 2.43. The van der Waals surface area contributed by atoms with Gasteiger partial charge in [0.2, 0.25) is 0 Å². The number of nitrogens with one attached hydrogen (secondary N) is 1. The molecule has 0 saturated carbocycles. The molecule has 0 spiro atoms. The van der Waals surface area contributed by atoms with Crippen LogP contribution in [0.5, 0.6) is 0 Å². The van der Waals surface area contributed by atoms with E-state index < -0.39 is 29.3 Å². The van der Waals surface area contributed by atoms with Crippen LogP contribution >= 0.6 is 11.6 Å². The summed E-state index contributed by atoms with van der Waals surface area (Å²) in [5, 5.41) is 3.15. The number of hydrogen-bond acceptors (Lipinski definition) is 5. The van der Waals surface area contributed by atoms with Crippen LogP contribution in [0.4, 0.5) is 4.79 Å². The lowest BCUT2D eigenvalue weighted by Crippen LogP contribution is -2.42. The number of rotatable bonds is 9. The van der Waals surface area contributed by atoms with Crippen LogP contribution < -0.4 is 11.1 Å². The van der Waals surface area contributed by atoms with Crippen LogP contribution in [0.1, 0.15) is 50.3 Å². The van der Waals surface area contributed by atoms with Crippen molar-refractivity contribution in [2.75, 3.05) is 6.54 Å². The van der Waals surface area contributed by atoms with E-state index in [4.69, 9.17) is 26.8 Å². The quantitative estimate of drug-likeness (QED) is 0.216. The number of amides is 1. The summed E-state index contributed by atoms with van der Waals surface area (Å²) >= 11 is 6.67. The number of benzene rings is 3. The molecule has 6 nitrogen and oxygen atoms in total. The summed E-state index contributed by atoms with van der Waals surface area (Å²) in [7, 11) is 0. The lowest BCUT2D eigenvalue weighted by Gasteiger charge is -2.36. The summed E-state index contributed by atoms with van der Waals surface area (Å²) in [6.45, 7) is 5.71. The number of hydrogen-bond donors (Lipinski definition) is 2. The van der Waals surface area contributed by atoms with Crippen molar-refractivity contribution in [2.45, 2.75) is 50.9 Å². The maximum absolute atomic E-state index is 13.4. The Balaban J connectivity index is 1.85. The van der Waals surface area contributed by atoms with Crippen molar-refractivity contribution >= 4 is 23.7 Å². The smallest absolute Gasteiger partial charge is 0.407 e. The van der Waals surface area contributed by atoms with Gasteiger partial charge in [0.15, 0.2) is 5.60 Å². The summed E-state index contributed by atoms with van der Waals surface area (Å²) in [5.41, 5.74) is 6.51. The number of carbonyl (C=O) groups is 2. The van der Waals surface area contributed by atoms with Crippen LogP contribution in [0, 0.1) is 0 Å². The number of alkyl carbamates (subject to hydrolysis) is 1. The minimum absolute atomic E-state index is 0.316. The summed E-state index contributed by atoms with van der Waals surface area (Å²) < 4.78 is 11.6. The topological polar surface area (TPSA) is 90.6 Å². The van der Waals surface area contributed by atoms with E-state index >= 15 is 0 Å². The number of esters is 1. The zero-order chi connectivity index (χ0) is 26.2. The van der Waals surface area contributed by atoms with E-state index in [1.165, 1.54) is 0 Å². The maximum atomic E-state index is 13.4. The molecule has 1 amide bonds. The van der Waals surface area contributed by atoms with Crippen LogP contribution in [0.3, 0.4) is 0 Å². The molecule has 0 bridgehead atoms. The molecule has 0 fully saturated rings. The Kier molecular flexibility index (Phi) is 9.13. The first-order valence-corrected chi connectivity index (χ1v) is 12.3. The van der Waals surface area contributed by atoms with Crippen molar-refractivity contribution in [1.82, 2.24) is 5.32 Å². The van der Waals surface area contributed by atoms with Gasteiger partial charge in [-0.2, -0.15) is 0 Å². The average molecular weight is 509 g/mol. The number of halogens is 1. The minimum atomic E-state index is -1.30. The fourth-order valence-corrected chi connectivity index (χ4v) is 4.18. The van der Waals surface area contributed by atoms with Gasteiger partial charge in [0.05, 0.1) is 0 Å². The van der Waals surface area contributed by atoms with Crippen LogP contribution in [0.25, 0.3) is 0 Å². The number of nitrogens with two attached hydrogens (primary N) is 1. The SMILES string of the molecule is CC(C)(C)OC(=O)NCCC[C@H](N)C(=O)OC(c1ccccc1)(c1ccccc1)c1ccccc1Cl. The highest BCUT2D eigenvalue weighted by atomic mass is 35.5. The average Bonchev–Trinajstić information content (AvgIpc) is 2.85. The standard InChI is InChI=1S/C29H33ClN2O4/c1-28(2,3)36-27(34)32-20-12-19-25(31)26(33)35-29(21-13-6-4-7-14-21,22-15-8-5-9-16-22)23-17-10-11-18-24(23)30/h4-11,13-18,25H,12,19-20,31H2,1-3H3,(H,32,34)/t25-/m0/s1. The molecule has 0 radical (unpaired) electrons. The van der Waals surface area contributed by atoms with E-state index in [0.29, 0.717) is 30.0 Å². The zero-order valence-corrected chi connectivity index (χ0v) is 21.6. The number of carbonyl (C=O) groups excluding carboxylic acids is 2. The van der Waals surface area contributed by atoms with Gasteiger partial charge in [0.25, 0.3) is 0 Å². The molecule has 0 heterocycles. The molecule has 0 aliphatic carbocycles. The lowest BCUT2D eigenvalue weighted by atomic mass is 9.80. The van der Waals surface area contributed by atoms with Crippen molar-refractivity contribution in [1.29, 1.82) is 0 Å². The molecule has 3 N–H and O–H groups in total. The molecule has 0 unspecified atom stereocenters. The third kappa shape index (κ3) is 6.86. The monoisotopic (exact) mass is 508 g/mol. The van der Waals surface area contributed by atoms with E-state index in [2.05, 4.69) is 5.32 Å². The molecule has 36 heavy (non-hydrogen) atoms. The van der Waals surface area contributed by atoms with E-state index in [-0.39, 0.29) is 0 Å². The van der Waals surface area contributed by atoms with Gasteiger partial charge in [-0.25, -0.2) is 4.79 Å². The summed E-state index contributed by atoms with van der Waals surface area (Å²) in [4.78, 5) is 25.3. The second-order valence-electron chi connectivity index (χ2n) is 9.49. The first kappa shape index (κ1) is 27.2. The first-order valence-electron chi connectivity index (χ1n) is 11.9. The molecule has 0 saturated heterocycles. The third-order valence-electron chi connectivity index (χ3n) is 5.53. The molecular formula is C29H33ClN2O4. The van der Waals surface area contributed by atoms with Crippen LogP contribution in [-0.2, 0) is 19.9 Å². The predicted octanol–water partition coefficient (Wildman–Crippen LogP) is 5.81. The molecule has 3 aromatic rings. The van der Waals surface area contributed by atoms with E-state index in [1.807, 2.05) is 78.9 Å². The molecule has 190 valence electrons. The van der Waals surface area contributed by atoms with Crippen LogP contribution in [0.2, 0.25) is 5.02 Å². The highest BCUT2D eigenvalue weighted by molar-refractivity contribution is 6.31. The summed E-state index contributed by atoms with van der Waals surface area (Å²) in [6.07, 6.45) is 0.284. The van der Waals surface area contributed by atoms with Gasteiger partial charge in [0.1, 0.15) is 11.6 Å². The number of ether oxygens (including phenoxy) is 2. The molecule has 3 rings (SSSR count). The van der Waals surface area contributed by atoms with Gasteiger partial charge in [-0.05, 0) is 39.7 Å². The Morgan fingerprint density at radius 2 is 1.39 bits per heavy atom. The van der Waals surface area contributed by atoms with E-state index in [0.717, 1.165) is 11.1 Å². The predicted molar refractivity (Wildman–Crippen MR) is 142 cm³/mol. The molecule has 0 aliphatic rings. The molecule has 3 aromatic carbocycles. The zero-order valence-electron chi connectivity index (χ0n) is 20.9. The van der Waals surface area contributed by atoms with E-state index in [9.17, 15) is 9.59 Å². The highest BCUT2D eigenvalue weighted by Gasteiger charge is 2.42. The molecule has 0 aliphatic heterocycles. The maximum Gasteiger partial charge on any atom is 0.407 e. The van der Waals surface area contributed by atoms with Gasteiger partial charge >= 0.3 is 12.1 Å². The molecule has 0 aromatic heterocycles. The van der Waals surface area contributed by atoms with Gasteiger partial charge in [0, 0.05) is 28.3 Å². The summed E-state index contributed by atoms with van der Waals surface area (Å²) in [5.74, 6) is -0.570. The molecule has 1 atom stereocenters. The Labute approximate surface area is 217 Å². The fourth-order valence-electron chi connectivity index (χ4n) is 3.91. The van der Waals surface area contributed by atoms with Crippen LogP contribution in [-0.4, -0.2) is 30.3 Å². The van der Waals surface area contributed by atoms with Gasteiger partial charge < -0.3 is 20.5 Å². The van der Waals surface area contributed by atoms with Crippen molar-refractivity contribution in [3.05, 3.63) is 107 Å². The molecular weight excluding hydrogens is 476 g/mol. The second-order valence-corrected chi connectivity index (χ2v) is 9.90. The van der Waals surface area contributed by atoms with Crippen LogP contribution in [0.15, 0.2) is 84.9 Å². The van der Waals surface area contributed by atoms with E-state index in [1.54, 1.807) is 26.8 Å².